The topological polar surface area (TPSA) is 84.3 Å². The van der Waals surface area contributed by atoms with Crippen LogP contribution in [0.2, 0.25) is 5.02 Å². The molecule has 7 heteroatoms. The first kappa shape index (κ1) is 14.1. The molecule has 1 amide bonds. The first-order chi connectivity index (χ1) is 9.60. The van der Waals surface area contributed by atoms with Crippen molar-refractivity contribution >= 4 is 17.5 Å². The van der Waals surface area contributed by atoms with Crippen molar-refractivity contribution in [2.75, 3.05) is 0 Å². The highest BCUT2D eigenvalue weighted by atomic mass is 35.5. The quantitative estimate of drug-likeness (QED) is 0.877. The molecule has 0 aliphatic heterocycles. The summed E-state index contributed by atoms with van der Waals surface area (Å²) in [5.74, 6) is -0.484. The first-order valence-electron chi connectivity index (χ1n) is 5.81. The fourth-order valence-electron chi connectivity index (χ4n) is 1.58. The Balaban J connectivity index is 2.28. The van der Waals surface area contributed by atoms with Gasteiger partial charge in [0.1, 0.15) is 12.0 Å². The second-order valence-corrected chi connectivity index (χ2v) is 4.49. The summed E-state index contributed by atoms with van der Waals surface area (Å²) in [5.41, 5.74) is 1.50. The summed E-state index contributed by atoms with van der Waals surface area (Å²) in [6.07, 6.45) is 0.469. The fourth-order valence-corrected chi connectivity index (χ4v) is 1.77. The molecule has 0 fully saturated rings. The molecule has 1 aromatic carbocycles. The van der Waals surface area contributed by atoms with Gasteiger partial charge in [-0.05, 0) is 30.3 Å². The van der Waals surface area contributed by atoms with Crippen LogP contribution in [0.4, 0.5) is 0 Å². The molecule has 1 N–H and O–H groups in total. The lowest BCUT2D eigenvalue weighted by Crippen LogP contribution is -2.31. The normalized spacial score (nSPS) is 11.7. The monoisotopic (exact) mass is 290 g/mol. The largest absolute Gasteiger partial charge is 0.326 e. The van der Waals surface area contributed by atoms with Gasteiger partial charge in [-0.15, -0.1) is 4.91 Å². The maximum absolute atomic E-state index is 11.8. The molecule has 6 nitrogen and oxygen atoms in total. The zero-order valence-corrected chi connectivity index (χ0v) is 11.3. The molecule has 1 atom stereocenters. The van der Waals surface area contributed by atoms with Crippen LogP contribution < -0.4 is 5.32 Å². The number of aromatic nitrogens is 2. The second-order valence-electron chi connectivity index (χ2n) is 4.05. The van der Waals surface area contributed by atoms with Gasteiger partial charge in [0.2, 0.25) is 0 Å². The SMILES string of the molecule is CC(N=O)NC(=O)c1cc(-c2cccc(Cl)c2)ncn1. The van der Waals surface area contributed by atoms with E-state index in [9.17, 15) is 9.70 Å². The number of rotatable bonds is 4. The molecule has 0 radical (unpaired) electrons. The van der Waals surface area contributed by atoms with Gasteiger partial charge in [-0.2, -0.15) is 0 Å². The minimum Gasteiger partial charge on any atom is -0.326 e. The highest BCUT2D eigenvalue weighted by Crippen LogP contribution is 2.20. The summed E-state index contributed by atoms with van der Waals surface area (Å²) in [6.45, 7) is 1.48. The van der Waals surface area contributed by atoms with Crippen molar-refractivity contribution in [3.8, 4) is 11.3 Å². The van der Waals surface area contributed by atoms with Gasteiger partial charge in [0.15, 0.2) is 6.17 Å². The number of amides is 1. The number of nitroso groups, excluding NO2 is 1. The van der Waals surface area contributed by atoms with Crippen molar-refractivity contribution in [1.29, 1.82) is 0 Å². The van der Waals surface area contributed by atoms with E-state index in [4.69, 9.17) is 11.6 Å². The van der Waals surface area contributed by atoms with Crippen LogP contribution in [0.5, 0.6) is 0 Å². The van der Waals surface area contributed by atoms with E-state index in [1.807, 2.05) is 6.07 Å². The van der Waals surface area contributed by atoms with Crippen LogP contribution in [-0.2, 0) is 0 Å². The maximum atomic E-state index is 11.8. The number of carbonyl (C=O) groups is 1. The number of halogens is 1. The van der Waals surface area contributed by atoms with Crippen LogP contribution in [0.25, 0.3) is 11.3 Å². The number of nitrogens with one attached hydrogen (secondary N) is 1. The minimum atomic E-state index is -0.813. The molecule has 0 aliphatic carbocycles. The maximum Gasteiger partial charge on any atom is 0.271 e. The molecule has 2 rings (SSSR count). The predicted molar refractivity (Wildman–Crippen MR) is 75.2 cm³/mol. The van der Waals surface area contributed by atoms with Crippen LogP contribution in [0.1, 0.15) is 17.4 Å². The Kier molecular flexibility index (Phi) is 4.37. The van der Waals surface area contributed by atoms with Crippen LogP contribution in [0, 0.1) is 4.91 Å². The Morgan fingerprint density at radius 1 is 1.35 bits per heavy atom. The lowest BCUT2D eigenvalue weighted by molar-refractivity contribution is 0.0936. The van der Waals surface area contributed by atoms with Crippen molar-refractivity contribution < 1.29 is 4.79 Å². The third kappa shape index (κ3) is 3.36. The molecule has 0 aliphatic rings. The van der Waals surface area contributed by atoms with E-state index in [2.05, 4.69) is 20.5 Å². The molecule has 0 spiro atoms. The van der Waals surface area contributed by atoms with Gasteiger partial charge >= 0.3 is 0 Å². The summed E-state index contributed by atoms with van der Waals surface area (Å²) in [5, 5.41) is 5.68. The Morgan fingerprint density at radius 3 is 2.85 bits per heavy atom. The summed E-state index contributed by atoms with van der Waals surface area (Å²) in [4.78, 5) is 30.1. The molecule has 1 unspecified atom stereocenters. The van der Waals surface area contributed by atoms with Gasteiger partial charge in [0, 0.05) is 10.6 Å². The number of benzene rings is 1. The van der Waals surface area contributed by atoms with Gasteiger partial charge < -0.3 is 5.32 Å². The Bertz CT molecular complexity index is 648. The average Bonchev–Trinajstić information content (AvgIpc) is 2.47. The van der Waals surface area contributed by atoms with Gasteiger partial charge in [-0.3, -0.25) is 4.79 Å². The van der Waals surface area contributed by atoms with Crippen LogP contribution in [0.15, 0.2) is 41.8 Å². The summed E-state index contributed by atoms with van der Waals surface area (Å²) < 4.78 is 0. The van der Waals surface area contributed by atoms with Gasteiger partial charge in [0.05, 0.1) is 5.69 Å². The molecule has 102 valence electrons. The summed E-state index contributed by atoms with van der Waals surface area (Å²) in [6, 6.07) is 8.63. The third-order valence-electron chi connectivity index (χ3n) is 2.52. The average molecular weight is 291 g/mol. The van der Waals surface area contributed by atoms with E-state index in [1.54, 1.807) is 18.2 Å². The number of hydrogen-bond acceptors (Lipinski definition) is 5. The molecule has 2 aromatic rings. The first-order valence-corrected chi connectivity index (χ1v) is 6.19. The lowest BCUT2D eigenvalue weighted by atomic mass is 10.1. The van der Waals surface area contributed by atoms with Crippen molar-refractivity contribution in [2.45, 2.75) is 13.1 Å². The van der Waals surface area contributed by atoms with Crippen molar-refractivity contribution in [1.82, 2.24) is 15.3 Å². The van der Waals surface area contributed by atoms with Crippen LogP contribution >= 0.6 is 11.6 Å². The van der Waals surface area contributed by atoms with E-state index in [-0.39, 0.29) is 5.69 Å². The smallest absolute Gasteiger partial charge is 0.271 e. The van der Waals surface area contributed by atoms with Gasteiger partial charge in [0.25, 0.3) is 5.91 Å². The molecule has 0 saturated heterocycles. The Morgan fingerprint density at radius 2 is 2.15 bits per heavy atom. The third-order valence-corrected chi connectivity index (χ3v) is 2.75. The standard InChI is InChI=1S/C13H11ClN4O2/c1-8(18-20)17-13(19)12-6-11(15-7-16-12)9-3-2-4-10(14)5-9/h2-8H,1H3,(H,17,19). The van der Waals surface area contributed by atoms with Gasteiger partial charge in [-0.1, -0.05) is 23.7 Å². The van der Waals surface area contributed by atoms with E-state index in [0.717, 1.165) is 5.56 Å². The van der Waals surface area contributed by atoms with Gasteiger partial charge in [-0.25, -0.2) is 9.97 Å². The van der Waals surface area contributed by atoms with Crippen LogP contribution in [0.3, 0.4) is 0 Å². The predicted octanol–water partition coefficient (Wildman–Crippen LogP) is 2.64. The molecular formula is C13H11ClN4O2. The molecule has 20 heavy (non-hydrogen) atoms. The lowest BCUT2D eigenvalue weighted by Gasteiger charge is -2.07. The number of nitrogens with zero attached hydrogens (tertiary/aromatic N) is 3. The highest BCUT2D eigenvalue weighted by molar-refractivity contribution is 6.30. The molecule has 0 bridgehead atoms. The van der Waals surface area contributed by atoms with E-state index >= 15 is 0 Å². The summed E-state index contributed by atoms with van der Waals surface area (Å²) >= 11 is 5.91. The van der Waals surface area contributed by atoms with Crippen molar-refractivity contribution in [3.05, 3.63) is 52.3 Å². The number of hydrogen-bond donors (Lipinski definition) is 1. The molecule has 1 aromatic heterocycles. The Labute approximate surface area is 120 Å². The Hall–Kier alpha value is -2.34. The number of carbonyl (C=O) groups excluding carboxylic acids is 1. The summed E-state index contributed by atoms with van der Waals surface area (Å²) in [7, 11) is 0. The van der Waals surface area contributed by atoms with Crippen LogP contribution in [-0.4, -0.2) is 22.0 Å². The van der Waals surface area contributed by atoms with Crippen molar-refractivity contribution in [3.63, 3.8) is 0 Å². The molecule has 0 saturated carbocycles. The highest BCUT2D eigenvalue weighted by Gasteiger charge is 2.12. The zero-order valence-electron chi connectivity index (χ0n) is 10.6. The fraction of sp³-hybridized carbons (Fsp3) is 0.154. The minimum absolute atomic E-state index is 0.158. The van der Waals surface area contributed by atoms with Crippen molar-refractivity contribution in [2.24, 2.45) is 5.18 Å². The zero-order chi connectivity index (χ0) is 14.5. The van der Waals surface area contributed by atoms with E-state index in [1.165, 1.54) is 19.3 Å². The molecular weight excluding hydrogens is 280 g/mol. The second kappa shape index (κ2) is 6.21. The molecule has 1 heterocycles. The van der Waals surface area contributed by atoms with E-state index in [0.29, 0.717) is 10.7 Å². The van der Waals surface area contributed by atoms with E-state index < -0.39 is 12.1 Å².